The molecule has 0 aliphatic rings. The molecule has 2 nitrogen and oxygen atoms in total. The normalized spacial score (nSPS) is 10.4. The summed E-state index contributed by atoms with van der Waals surface area (Å²) in [5.41, 5.74) is 4.70. The Labute approximate surface area is 221 Å². The van der Waals surface area contributed by atoms with E-state index in [0.29, 0.717) is 11.1 Å². The Balaban J connectivity index is 1.56. The second kappa shape index (κ2) is 9.90. The SMILES string of the molecule is Oc1ccc2c(C#Cc3ccccc3)cccc2c1-c1c(O)ccc2c(C#Cc3ccccc3)cccc12. The van der Waals surface area contributed by atoms with Gasteiger partial charge < -0.3 is 10.2 Å². The fourth-order valence-electron chi connectivity index (χ4n) is 4.76. The molecule has 0 aliphatic heterocycles. The first-order valence-corrected chi connectivity index (χ1v) is 12.3. The van der Waals surface area contributed by atoms with Gasteiger partial charge in [0.15, 0.2) is 0 Å². The zero-order valence-electron chi connectivity index (χ0n) is 20.4. The van der Waals surface area contributed by atoms with Crippen LogP contribution in [0.2, 0.25) is 0 Å². The lowest BCUT2D eigenvalue weighted by Gasteiger charge is -2.15. The third-order valence-corrected chi connectivity index (χ3v) is 6.56. The van der Waals surface area contributed by atoms with E-state index in [9.17, 15) is 10.2 Å². The van der Waals surface area contributed by atoms with Crippen LogP contribution in [-0.2, 0) is 0 Å². The van der Waals surface area contributed by atoms with E-state index in [2.05, 4.69) is 23.7 Å². The summed E-state index contributed by atoms with van der Waals surface area (Å²) < 4.78 is 0. The Morgan fingerprint density at radius 2 is 0.763 bits per heavy atom. The van der Waals surface area contributed by atoms with Gasteiger partial charge in [-0.3, -0.25) is 0 Å². The maximum absolute atomic E-state index is 11.1. The highest BCUT2D eigenvalue weighted by Gasteiger charge is 2.18. The van der Waals surface area contributed by atoms with Crippen molar-refractivity contribution in [1.82, 2.24) is 0 Å². The predicted octanol–water partition coefficient (Wildman–Crippen LogP) is 7.87. The van der Waals surface area contributed by atoms with Gasteiger partial charge in [-0.15, -0.1) is 0 Å². The summed E-state index contributed by atoms with van der Waals surface area (Å²) in [6.07, 6.45) is 0. The van der Waals surface area contributed by atoms with Crippen molar-refractivity contribution in [1.29, 1.82) is 0 Å². The van der Waals surface area contributed by atoms with Crippen molar-refractivity contribution in [2.45, 2.75) is 0 Å². The van der Waals surface area contributed by atoms with E-state index in [-0.39, 0.29) is 11.5 Å². The number of benzene rings is 6. The average Bonchev–Trinajstić information content (AvgIpc) is 2.96. The molecule has 0 amide bonds. The second-order valence-electron chi connectivity index (χ2n) is 8.95. The number of phenols is 2. The molecule has 178 valence electrons. The first-order valence-electron chi connectivity index (χ1n) is 12.3. The monoisotopic (exact) mass is 486 g/mol. The van der Waals surface area contributed by atoms with Gasteiger partial charge in [0.1, 0.15) is 11.5 Å². The minimum Gasteiger partial charge on any atom is -0.507 e. The Kier molecular flexibility index (Phi) is 5.99. The standard InChI is InChI=1S/C36H22O2/c37-33-23-21-29-27(19-17-25-9-3-1-4-10-25)13-7-15-31(29)35(33)36-32-16-8-14-28(30(32)22-24-34(36)38)20-18-26-11-5-2-6-12-26/h1-16,21-24,37-38H. The van der Waals surface area contributed by atoms with Crippen molar-refractivity contribution in [3.63, 3.8) is 0 Å². The smallest absolute Gasteiger partial charge is 0.124 e. The highest BCUT2D eigenvalue weighted by molar-refractivity contribution is 6.11. The van der Waals surface area contributed by atoms with E-state index in [1.54, 1.807) is 12.1 Å². The van der Waals surface area contributed by atoms with E-state index in [4.69, 9.17) is 0 Å². The Bertz CT molecular complexity index is 1790. The van der Waals surface area contributed by atoms with Gasteiger partial charge in [0.25, 0.3) is 0 Å². The quantitative estimate of drug-likeness (QED) is 0.232. The van der Waals surface area contributed by atoms with Crippen LogP contribution in [0.1, 0.15) is 22.3 Å². The Morgan fingerprint density at radius 1 is 0.342 bits per heavy atom. The van der Waals surface area contributed by atoms with Gasteiger partial charge >= 0.3 is 0 Å². The molecule has 2 heteroatoms. The molecule has 38 heavy (non-hydrogen) atoms. The highest BCUT2D eigenvalue weighted by atomic mass is 16.3. The van der Waals surface area contributed by atoms with Crippen molar-refractivity contribution in [3.05, 3.63) is 144 Å². The molecule has 0 unspecified atom stereocenters. The number of fused-ring (bicyclic) bond motifs is 2. The minimum absolute atomic E-state index is 0.0919. The molecule has 2 N–H and O–H groups in total. The van der Waals surface area contributed by atoms with Crippen molar-refractivity contribution >= 4 is 21.5 Å². The van der Waals surface area contributed by atoms with Gasteiger partial charge in [-0.25, -0.2) is 0 Å². The molecule has 0 saturated heterocycles. The molecule has 6 aromatic rings. The molecular weight excluding hydrogens is 464 g/mol. The lowest BCUT2D eigenvalue weighted by Crippen LogP contribution is -1.90. The fourth-order valence-corrected chi connectivity index (χ4v) is 4.76. The molecule has 0 spiro atoms. The van der Waals surface area contributed by atoms with Gasteiger partial charge in [-0.1, -0.05) is 84.3 Å². The van der Waals surface area contributed by atoms with Gasteiger partial charge in [0, 0.05) is 33.4 Å². The topological polar surface area (TPSA) is 40.5 Å². The van der Waals surface area contributed by atoms with Crippen LogP contribution in [-0.4, -0.2) is 10.2 Å². The van der Waals surface area contributed by atoms with Crippen LogP contribution >= 0.6 is 0 Å². The summed E-state index contributed by atoms with van der Waals surface area (Å²) in [5, 5.41) is 25.6. The van der Waals surface area contributed by atoms with Crippen LogP contribution < -0.4 is 0 Å². The van der Waals surface area contributed by atoms with E-state index in [0.717, 1.165) is 43.8 Å². The first kappa shape index (κ1) is 23.0. The lowest BCUT2D eigenvalue weighted by atomic mass is 9.90. The Hall–Kier alpha value is -5.44. The van der Waals surface area contributed by atoms with Crippen LogP contribution in [0.15, 0.2) is 121 Å². The molecule has 0 radical (unpaired) electrons. The second-order valence-corrected chi connectivity index (χ2v) is 8.95. The molecule has 0 bridgehead atoms. The molecule has 6 rings (SSSR count). The summed E-state index contributed by atoms with van der Waals surface area (Å²) in [5.74, 6) is 13.2. The van der Waals surface area contributed by atoms with Crippen LogP contribution in [0.4, 0.5) is 0 Å². The minimum atomic E-state index is 0.0919. The summed E-state index contributed by atoms with van der Waals surface area (Å²) in [7, 11) is 0. The van der Waals surface area contributed by atoms with Gasteiger partial charge in [0.05, 0.1) is 0 Å². The van der Waals surface area contributed by atoms with Gasteiger partial charge in [0.2, 0.25) is 0 Å². The number of hydrogen-bond donors (Lipinski definition) is 2. The van der Waals surface area contributed by atoms with Crippen molar-refractivity contribution in [2.75, 3.05) is 0 Å². The molecule has 0 saturated carbocycles. The molecule has 0 atom stereocenters. The third-order valence-electron chi connectivity index (χ3n) is 6.56. The maximum atomic E-state index is 11.1. The maximum Gasteiger partial charge on any atom is 0.124 e. The van der Waals surface area contributed by atoms with Gasteiger partial charge in [-0.05, 0) is 82.2 Å². The summed E-state index contributed by atoms with van der Waals surface area (Å²) in [6.45, 7) is 0. The van der Waals surface area contributed by atoms with E-state index in [1.165, 1.54) is 0 Å². The summed E-state index contributed by atoms with van der Waals surface area (Å²) >= 11 is 0. The van der Waals surface area contributed by atoms with Crippen LogP contribution in [0.3, 0.4) is 0 Å². The van der Waals surface area contributed by atoms with Crippen LogP contribution in [0.25, 0.3) is 32.7 Å². The summed E-state index contributed by atoms with van der Waals surface area (Å²) in [4.78, 5) is 0. The number of rotatable bonds is 1. The van der Waals surface area contributed by atoms with Crippen molar-refractivity contribution in [2.24, 2.45) is 0 Å². The zero-order valence-corrected chi connectivity index (χ0v) is 20.4. The molecular formula is C36H22O2. The van der Waals surface area contributed by atoms with Crippen LogP contribution in [0, 0.1) is 23.7 Å². The predicted molar refractivity (Wildman–Crippen MR) is 155 cm³/mol. The molecule has 0 aromatic heterocycles. The van der Waals surface area contributed by atoms with Crippen LogP contribution in [0.5, 0.6) is 11.5 Å². The van der Waals surface area contributed by atoms with Crippen molar-refractivity contribution < 1.29 is 10.2 Å². The summed E-state index contributed by atoms with van der Waals surface area (Å²) in [6, 6.07) is 38.5. The highest BCUT2D eigenvalue weighted by Crippen LogP contribution is 2.45. The van der Waals surface area contributed by atoms with Crippen molar-refractivity contribution in [3.8, 4) is 46.3 Å². The number of aromatic hydroxyl groups is 2. The molecule has 0 heterocycles. The van der Waals surface area contributed by atoms with E-state index >= 15 is 0 Å². The first-order chi connectivity index (χ1) is 18.7. The molecule has 0 aliphatic carbocycles. The molecule has 0 fully saturated rings. The lowest BCUT2D eigenvalue weighted by molar-refractivity contribution is 0.470. The van der Waals surface area contributed by atoms with E-state index in [1.807, 2.05) is 109 Å². The molecule has 6 aromatic carbocycles. The number of phenolic OH excluding ortho intramolecular Hbond substituents is 2. The zero-order chi connectivity index (χ0) is 25.9. The van der Waals surface area contributed by atoms with Gasteiger partial charge in [-0.2, -0.15) is 0 Å². The fraction of sp³-hybridized carbons (Fsp3) is 0. The van der Waals surface area contributed by atoms with E-state index < -0.39 is 0 Å². The largest absolute Gasteiger partial charge is 0.507 e. The average molecular weight is 487 g/mol. The number of hydrogen-bond acceptors (Lipinski definition) is 2. The third kappa shape index (κ3) is 4.33. The Morgan fingerprint density at radius 3 is 1.18 bits per heavy atom.